The molecule has 4 heteroatoms. The number of nitrogens with zero attached hydrogens (tertiary/aromatic N) is 2. The van der Waals surface area contributed by atoms with E-state index in [1.54, 1.807) is 18.3 Å². The molecule has 17 heavy (non-hydrogen) atoms. The summed E-state index contributed by atoms with van der Waals surface area (Å²) >= 11 is 0. The van der Waals surface area contributed by atoms with Crippen molar-refractivity contribution < 1.29 is 4.79 Å². The third-order valence-electron chi connectivity index (χ3n) is 2.67. The molecule has 2 N–H and O–H groups in total. The molecule has 0 spiro atoms. The van der Waals surface area contributed by atoms with E-state index in [2.05, 4.69) is 9.97 Å². The maximum atomic E-state index is 11.3. The molecule has 0 radical (unpaired) electrons. The second kappa shape index (κ2) is 3.52. The van der Waals surface area contributed by atoms with Gasteiger partial charge in [0.1, 0.15) is 0 Å². The summed E-state index contributed by atoms with van der Waals surface area (Å²) in [5, 5.41) is 0.868. The van der Waals surface area contributed by atoms with Gasteiger partial charge >= 0.3 is 0 Å². The number of carbonyl (C=O) groups is 1. The van der Waals surface area contributed by atoms with Crippen molar-refractivity contribution in [3.8, 4) is 0 Å². The van der Waals surface area contributed by atoms with Crippen LogP contribution in [0.2, 0.25) is 0 Å². The average Bonchev–Trinajstić information content (AvgIpc) is 2.35. The van der Waals surface area contributed by atoms with Gasteiger partial charge in [0.2, 0.25) is 0 Å². The lowest BCUT2D eigenvalue weighted by molar-refractivity contribution is 0.100. The number of aromatic nitrogens is 2. The van der Waals surface area contributed by atoms with Crippen LogP contribution in [0.25, 0.3) is 21.9 Å². The monoisotopic (exact) mass is 223 g/mol. The van der Waals surface area contributed by atoms with E-state index in [0.717, 1.165) is 16.4 Å². The van der Waals surface area contributed by atoms with E-state index in [-0.39, 0.29) is 0 Å². The molecule has 3 aromatic rings. The van der Waals surface area contributed by atoms with Crippen LogP contribution in [0.4, 0.5) is 0 Å². The molecule has 0 fully saturated rings. The highest BCUT2D eigenvalue weighted by Crippen LogP contribution is 2.20. The van der Waals surface area contributed by atoms with Crippen molar-refractivity contribution in [2.75, 3.05) is 0 Å². The molecule has 1 aromatic carbocycles. The van der Waals surface area contributed by atoms with E-state index < -0.39 is 5.91 Å². The first-order chi connectivity index (χ1) is 8.25. The second-order valence-electron chi connectivity index (χ2n) is 3.77. The molecule has 4 nitrogen and oxygen atoms in total. The Hall–Kier alpha value is -2.49. The number of para-hydroxylation sites is 1. The first kappa shape index (κ1) is 9.72. The molecule has 2 aromatic heterocycles. The molecule has 0 bridgehead atoms. The van der Waals surface area contributed by atoms with Crippen LogP contribution in [0.15, 0.2) is 42.6 Å². The van der Waals surface area contributed by atoms with Gasteiger partial charge in [-0.2, -0.15) is 0 Å². The Labute approximate surface area is 97.1 Å². The molecule has 0 unspecified atom stereocenters. The van der Waals surface area contributed by atoms with Crippen LogP contribution >= 0.6 is 0 Å². The summed E-state index contributed by atoms with van der Waals surface area (Å²) in [4.78, 5) is 20.0. The van der Waals surface area contributed by atoms with Crippen LogP contribution in [0.5, 0.6) is 0 Å². The normalized spacial score (nSPS) is 10.8. The quantitative estimate of drug-likeness (QED) is 0.640. The average molecular weight is 223 g/mol. The lowest BCUT2D eigenvalue weighted by Gasteiger charge is -2.03. The number of fused-ring (bicyclic) bond motifs is 2. The molecule has 1 amide bonds. The summed E-state index contributed by atoms with van der Waals surface area (Å²) in [6.45, 7) is 0. The Balaban J connectivity index is 2.47. The molecule has 0 saturated carbocycles. The third-order valence-corrected chi connectivity index (χ3v) is 2.67. The first-order valence-corrected chi connectivity index (χ1v) is 5.20. The highest BCUT2D eigenvalue weighted by molar-refractivity contribution is 6.06. The number of hydrogen-bond acceptors (Lipinski definition) is 3. The number of pyridine rings is 2. The Morgan fingerprint density at radius 2 is 2.00 bits per heavy atom. The summed E-state index contributed by atoms with van der Waals surface area (Å²) in [6.07, 6.45) is 1.72. The van der Waals surface area contributed by atoms with E-state index in [1.165, 1.54) is 0 Å². The Bertz CT molecular complexity index is 737. The van der Waals surface area contributed by atoms with E-state index in [0.29, 0.717) is 11.1 Å². The lowest BCUT2D eigenvalue weighted by atomic mass is 10.1. The highest BCUT2D eigenvalue weighted by Gasteiger charge is 2.08. The number of rotatable bonds is 1. The summed E-state index contributed by atoms with van der Waals surface area (Å²) in [7, 11) is 0. The number of carbonyl (C=O) groups excluding carboxylic acids is 1. The van der Waals surface area contributed by atoms with Crippen molar-refractivity contribution in [2.24, 2.45) is 5.73 Å². The van der Waals surface area contributed by atoms with Crippen LogP contribution in [0.3, 0.4) is 0 Å². The van der Waals surface area contributed by atoms with Gasteiger partial charge in [-0.1, -0.05) is 12.1 Å². The topological polar surface area (TPSA) is 68.9 Å². The number of primary amides is 1. The summed E-state index contributed by atoms with van der Waals surface area (Å²) in [5.74, 6) is -0.466. The predicted octanol–water partition coefficient (Wildman–Crippen LogP) is 1.88. The summed E-state index contributed by atoms with van der Waals surface area (Å²) in [5.41, 5.74) is 7.96. The first-order valence-electron chi connectivity index (χ1n) is 5.20. The second-order valence-corrected chi connectivity index (χ2v) is 3.77. The van der Waals surface area contributed by atoms with Gasteiger partial charge in [0.05, 0.1) is 22.1 Å². The van der Waals surface area contributed by atoms with Gasteiger partial charge in [-0.05, 0) is 24.3 Å². The molecule has 0 aliphatic heterocycles. The van der Waals surface area contributed by atoms with Crippen molar-refractivity contribution >= 4 is 27.8 Å². The maximum Gasteiger partial charge on any atom is 0.250 e. The predicted molar refractivity (Wildman–Crippen MR) is 65.6 cm³/mol. The van der Waals surface area contributed by atoms with Gasteiger partial charge in [-0.25, -0.2) is 4.98 Å². The lowest BCUT2D eigenvalue weighted by Crippen LogP contribution is -2.11. The van der Waals surface area contributed by atoms with Crippen molar-refractivity contribution in [1.29, 1.82) is 0 Å². The molecule has 82 valence electrons. The zero-order valence-corrected chi connectivity index (χ0v) is 8.92. The van der Waals surface area contributed by atoms with Gasteiger partial charge in [-0.3, -0.25) is 9.78 Å². The van der Waals surface area contributed by atoms with Crippen molar-refractivity contribution in [3.05, 3.63) is 48.2 Å². The van der Waals surface area contributed by atoms with Gasteiger partial charge in [0.25, 0.3) is 5.91 Å². The van der Waals surface area contributed by atoms with Crippen molar-refractivity contribution in [2.45, 2.75) is 0 Å². The maximum absolute atomic E-state index is 11.3. The minimum Gasteiger partial charge on any atom is -0.366 e. The minimum absolute atomic E-state index is 0.438. The van der Waals surface area contributed by atoms with E-state index in [1.807, 2.05) is 24.3 Å². The molecule has 0 atom stereocenters. The van der Waals surface area contributed by atoms with Crippen molar-refractivity contribution in [1.82, 2.24) is 9.97 Å². The Morgan fingerprint density at radius 1 is 1.12 bits per heavy atom. The number of hydrogen-bond donors (Lipinski definition) is 1. The van der Waals surface area contributed by atoms with Gasteiger partial charge in [0.15, 0.2) is 0 Å². The Morgan fingerprint density at radius 3 is 2.82 bits per heavy atom. The SMILES string of the molecule is NC(=O)c1cccc2cc3ncccc3nc12. The standard InChI is InChI=1S/C13H9N3O/c14-13(17)9-4-1-3-8-7-11-10(16-12(8)9)5-2-6-15-11/h1-7H,(H2,14,17). The molecule has 0 aliphatic rings. The summed E-state index contributed by atoms with van der Waals surface area (Å²) in [6, 6.07) is 10.9. The highest BCUT2D eigenvalue weighted by atomic mass is 16.1. The van der Waals surface area contributed by atoms with Crippen LogP contribution in [0, 0.1) is 0 Å². The third kappa shape index (κ3) is 1.50. The fraction of sp³-hybridized carbons (Fsp3) is 0. The van der Waals surface area contributed by atoms with Crippen LogP contribution in [-0.4, -0.2) is 15.9 Å². The zero-order valence-electron chi connectivity index (χ0n) is 8.92. The fourth-order valence-corrected chi connectivity index (χ4v) is 1.88. The molecule has 2 heterocycles. The number of amides is 1. The Kier molecular flexibility index (Phi) is 2.01. The number of benzene rings is 1. The van der Waals surface area contributed by atoms with E-state index in [4.69, 9.17) is 5.73 Å². The van der Waals surface area contributed by atoms with E-state index in [9.17, 15) is 4.79 Å². The van der Waals surface area contributed by atoms with Crippen LogP contribution in [-0.2, 0) is 0 Å². The molecule has 0 saturated heterocycles. The molecule has 0 aliphatic carbocycles. The summed E-state index contributed by atoms with van der Waals surface area (Å²) < 4.78 is 0. The minimum atomic E-state index is -0.466. The fourth-order valence-electron chi connectivity index (χ4n) is 1.88. The molecular weight excluding hydrogens is 214 g/mol. The largest absolute Gasteiger partial charge is 0.366 e. The van der Waals surface area contributed by atoms with Crippen molar-refractivity contribution in [3.63, 3.8) is 0 Å². The van der Waals surface area contributed by atoms with Gasteiger partial charge < -0.3 is 5.73 Å². The van der Waals surface area contributed by atoms with E-state index >= 15 is 0 Å². The zero-order chi connectivity index (χ0) is 11.8. The number of nitrogens with two attached hydrogens (primary N) is 1. The smallest absolute Gasteiger partial charge is 0.250 e. The molecular formula is C13H9N3O. The van der Waals surface area contributed by atoms with Gasteiger partial charge in [-0.15, -0.1) is 0 Å². The van der Waals surface area contributed by atoms with Crippen LogP contribution < -0.4 is 5.73 Å². The van der Waals surface area contributed by atoms with Gasteiger partial charge in [0, 0.05) is 11.6 Å². The van der Waals surface area contributed by atoms with Crippen LogP contribution in [0.1, 0.15) is 10.4 Å². The molecule has 3 rings (SSSR count).